The first-order chi connectivity index (χ1) is 13.5. The number of rotatable bonds is 4. The van der Waals surface area contributed by atoms with E-state index in [1.54, 1.807) is 0 Å². The van der Waals surface area contributed by atoms with Crippen LogP contribution in [0.15, 0.2) is 83.9 Å². The zero-order chi connectivity index (χ0) is 19.6. The Bertz CT molecular complexity index is 1100. The maximum Gasteiger partial charge on any atom is 0.230 e. The van der Waals surface area contributed by atoms with Crippen molar-refractivity contribution in [2.24, 2.45) is 4.99 Å². The molecule has 1 aromatic heterocycles. The quantitative estimate of drug-likeness (QED) is 0.399. The van der Waals surface area contributed by atoms with Crippen LogP contribution in [-0.2, 0) is 12.0 Å². The zero-order valence-electron chi connectivity index (χ0n) is 16.6. The fourth-order valence-corrected chi connectivity index (χ4v) is 3.28. The van der Waals surface area contributed by atoms with Crippen molar-refractivity contribution in [3.05, 3.63) is 95.6 Å². The van der Waals surface area contributed by atoms with Gasteiger partial charge in [-0.3, -0.25) is 0 Å². The molecule has 140 valence electrons. The van der Waals surface area contributed by atoms with Crippen molar-refractivity contribution in [3.8, 4) is 0 Å². The van der Waals surface area contributed by atoms with Gasteiger partial charge in [0.1, 0.15) is 0 Å². The predicted octanol–water partition coefficient (Wildman–Crippen LogP) is 6.13. The Morgan fingerprint density at radius 2 is 1.54 bits per heavy atom. The van der Waals surface area contributed by atoms with Crippen LogP contribution in [0, 0.1) is 0 Å². The Balaban J connectivity index is 1.70. The van der Waals surface area contributed by atoms with Crippen molar-refractivity contribution >= 4 is 23.2 Å². The third-order valence-electron chi connectivity index (χ3n) is 4.92. The van der Waals surface area contributed by atoms with Crippen LogP contribution in [0.1, 0.15) is 37.5 Å². The van der Waals surface area contributed by atoms with Gasteiger partial charge < -0.3 is 4.57 Å². The van der Waals surface area contributed by atoms with Gasteiger partial charge in [-0.25, -0.2) is 9.98 Å². The molecule has 3 aromatic carbocycles. The molecule has 0 amide bonds. The smallest absolute Gasteiger partial charge is 0.230 e. The normalized spacial score (nSPS) is 12.1. The molecule has 3 heteroatoms. The summed E-state index contributed by atoms with van der Waals surface area (Å²) in [7, 11) is 0. The Hall–Kier alpha value is -3.20. The molecule has 0 N–H and O–H groups in total. The van der Waals surface area contributed by atoms with Crippen molar-refractivity contribution in [1.29, 1.82) is 0 Å². The summed E-state index contributed by atoms with van der Waals surface area (Å²) in [5.41, 5.74) is 5.87. The third-order valence-corrected chi connectivity index (χ3v) is 4.92. The monoisotopic (exact) mass is 367 g/mol. The Morgan fingerprint density at radius 1 is 0.857 bits per heavy atom. The van der Waals surface area contributed by atoms with E-state index < -0.39 is 0 Å². The molecule has 0 saturated carbocycles. The van der Waals surface area contributed by atoms with Gasteiger partial charge in [0.15, 0.2) is 0 Å². The maximum absolute atomic E-state index is 4.75. The van der Waals surface area contributed by atoms with E-state index in [2.05, 4.69) is 55.7 Å². The van der Waals surface area contributed by atoms with Crippen LogP contribution >= 0.6 is 0 Å². The molecule has 4 aromatic rings. The van der Waals surface area contributed by atoms with E-state index in [0.29, 0.717) is 0 Å². The van der Waals surface area contributed by atoms with Crippen LogP contribution in [0.5, 0.6) is 0 Å². The number of aromatic nitrogens is 2. The molecule has 0 saturated heterocycles. The molecule has 0 atom stereocenters. The number of hydrogen-bond donors (Lipinski definition) is 0. The molecule has 0 bridgehead atoms. The van der Waals surface area contributed by atoms with Gasteiger partial charge in [-0.1, -0.05) is 87.5 Å². The lowest BCUT2D eigenvalue weighted by molar-refractivity contribution is 0.590. The fourth-order valence-electron chi connectivity index (χ4n) is 3.28. The summed E-state index contributed by atoms with van der Waals surface area (Å²) < 4.78 is 2.18. The van der Waals surface area contributed by atoms with Crippen LogP contribution in [0.25, 0.3) is 11.0 Å². The Labute approximate surface area is 166 Å². The lowest BCUT2D eigenvalue weighted by atomic mass is 9.87. The van der Waals surface area contributed by atoms with Gasteiger partial charge in [0.2, 0.25) is 5.95 Å². The van der Waals surface area contributed by atoms with Crippen molar-refractivity contribution in [2.45, 2.75) is 32.7 Å². The molecular weight excluding hydrogens is 342 g/mol. The third kappa shape index (κ3) is 3.89. The van der Waals surface area contributed by atoms with E-state index >= 15 is 0 Å². The number of nitrogens with zero attached hydrogens (tertiary/aromatic N) is 3. The number of fused-ring (bicyclic) bond motifs is 1. The summed E-state index contributed by atoms with van der Waals surface area (Å²) in [5.74, 6) is 0.727. The van der Waals surface area contributed by atoms with Gasteiger partial charge in [-0.05, 0) is 34.2 Å². The van der Waals surface area contributed by atoms with Crippen molar-refractivity contribution in [1.82, 2.24) is 9.55 Å². The number of para-hydroxylation sites is 2. The second kappa shape index (κ2) is 7.43. The van der Waals surface area contributed by atoms with Gasteiger partial charge in [0.25, 0.3) is 0 Å². The first-order valence-electron chi connectivity index (χ1n) is 9.64. The topological polar surface area (TPSA) is 30.2 Å². The highest BCUT2D eigenvalue weighted by atomic mass is 15.2. The van der Waals surface area contributed by atoms with Gasteiger partial charge in [-0.2, -0.15) is 0 Å². The summed E-state index contributed by atoms with van der Waals surface area (Å²) in [6.07, 6.45) is 1.88. The highest BCUT2D eigenvalue weighted by molar-refractivity contribution is 5.83. The Kier molecular flexibility index (Phi) is 4.82. The lowest BCUT2D eigenvalue weighted by Crippen LogP contribution is -2.11. The molecule has 0 radical (unpaired) electrons. The average molecular weight is 367 g/mol. The van der Waals surface area contributed by atoms with Crippen LogP contribution < -0.4 is 0 Å². The second-order valence-corrected chi connectivity index (χ2v) is 8.10. The van der Waals surface area contributed by atoms with Gasteiger partial charge >= 0.3 is 0 Å². The van der Waals surface area contributed by atoms with E-state index in [-0.39, 0.29) is 5.41 Å². The summed E-state index contributed by atoms with van der Waals surface area (Å²) >= 11 is 0. The first kappa shape index (κ1) is 18.2. The number of hydrogen-bond acceptors (Lipinski definition) is 2. The molecule has 0 aliphatic carbocycles. The molecule has 28 heavy (non-hydrogen) atoms. The SMILES string of the molecule is CC(C)(C)c1ccc(Cn2c(N=Cc3ccccc3)nc3ccccc32)cc1. The van der Waals surface area contributed by atoms with Crippen LogP contribution in [0.4, 0.5) is 5.95 Å². The summed E-state index contributed by atoms with van der Waals surface area (Å²) in [5, 5.41) is 0. The highest BCUT2D eigenvalue weighted by Gasteiger charge is 2.14. The zero-order valence-corrected chi connectivity index (χ0v) is 16.6. The molecule has 0 unspecified atom stereocenters. The number of imidazole rings is 1. The van der Waals surface area contributed by atoms with E-state index in [1.165, 1.54) is 11.1 Å². The van der Waals surface area contributed by atoms with Crippen LogP contribution in [0.3, 0.4) is 0 Å². The van der Waals surface area contributed by atoms with Crippen molar-refractivity contribution in [3.63, 3.8) is 0 Å². The average Bonchev–Trinajstić information content (AvgIpc) is 3.04. The summed E-state index contributed by atoms with van der Waals surface area (Å²) in [6.45, 7) is 7.46. The lowest BCUT2D eigenvalue weighted by Gasteiger charge is -2.19. The summed E-state index contributed by atoms with van der Waals surface area (Å²) in [4.78, 5) is 9.44. The Morgan fingerprint density at radius 3 is 2.25 bits per heavy atom. The van der Waals surface area contributed by atoms with E-state index in [0.717, 1.165) is 29.1 Å². The predicted molar refractivity (Wildman–Crippen MR) is 118 cm³/mol. The van der Waals surface area contributed by atoms with Crippen molar-refractivity contribution < 1.29 is 0 Å². The standard InChI is InChI=1S/C25H25N3/c1-25(2,3)21-15-13-20(14-16-21)18-28-23-12-8-7-11-22(23)27-24(28)26-17-19-9-5-4-6-10-19/h4-17H,18H2,1-3H3. The molecule has 0 aliphatic heterocycles. The largest absolute Gasteiger partial charge is 0.304 e. The number of aliphatic imine (C=N–C) groups is 1. The van der Waals surface area contributed by atoms with E-state index in [1.807, 2.05) is 54.7 Å². The van der Waals surface area contributed by atoms with Gasteiger partial charge in [0, 0.05) is 6.21 Å². The van der Waals surface area contributed by atoms with Gasteiger partial charge in [0.05, 0.1) is 17.6 Å². The minimum Gasteiger partial charge on any atom is -0.304 e. The molecule has 1 heterocycles. The molecule has 0 spiro atoms. The molecule has 3 nitrogen and oxygen atoms in total. The first-order valence-corrected chi connectivity index (χ1v) is 9.64. The van der Waals surface area contributed by atoms with Crippen LogP contribution in [0.2, 0.25) is 0 Å². The number of benzene rings is 3. The van der Waals surface area contributed by atoms with Crippen molar-refractivity contribution in [2.75, 3.05) is 0 Å². The fraction of sp³-hybridized carbons (Fsp3) is 0.200. The summed E-state index contributed by atoms with van der Waals surface area (Å²) in [6, 6.07) is 27.2. The van der Waals surface area contributed by atoms with Gasteiger partial charge in [-0.15, -0.1) is 0 Å². The minimum absolute atomic E-state index is 0.158. The molecule has 0 aliphatic rings. The highest BCUT2D eigenvalue weighted by Crippen LogP contribution is 2.25. The maximum atomic E-state index is 4.75. The second-order valence-electron chi connectivity index (χ2n) is 8.10. The molecular formula is C25H25N3. The minimum atomic E-state index is 0.158. The van der Waals surface area contributed by atoms with E-state index in [4.69, 9.17) is 9.98 Å². The van der Waals surface area contributed by atoms with Crippen LogP contribution in [-0.4, -0.2) is 15.8 Å². The molecule has 0 fully saturated rings. The molecule has 4 rings (SSSR count). The van der Waals surface area contributed by atoms with E-state index in [9.17, 15) is 0 Å².